The fourth-order valence-electron chi connectivity index (χ4n) is 2.62. The molecule has 3 heteroatoms. The van der Waals surface area contributed by atoms with Gasteiger partial charge in [-0.25, -0.2) is 9.18 Å². The predicted molar refractivity (Wildman–Crippen MR) is 73.9 cm³/mol. The van der Waals surface area contributed by atoms with Crippen molar-refractivity contribution in [3.8, 4) is 0 Å². The molecule has 1 aliphatic rings. The zero-order valence-corrected chi connectivity index (χ0v) is 11.0. The summed E-state index contributed by atoms with van der Waals surface area (Å²) in [5, 5.41) is 0. The predicted octanol–water partition coefficient (Wildman–Crippen LogP) is 4.06. The van der Waals surface area contributed by atoms with Gasteiger partial charge in [-0.1, -0.05) is 24.3 Å². The quantitative estimate of drug-likeness (QED) is 0.769. The Morgan fingerprint density at radius 2 is 1.85 bits per heavy atom. The number of benzene rings is 2. The maximum Gasteiger partial charge on any atom is 0.338 e. The molecule has 0 spiro atoms. The van der Waals surface area contributed by atoms with Crippen molar-refractivity contribution in [2.24, 2.45) is 0 Å². The van der Waals surface area contributed by atoms with Gasteiger partial charge in [0.1, 0.15) is 11.9 Å². The summed E-state index contributed by atoms with van der Waals surface area (Å²) in [6.45, 7) is 0. The highest BCUT2D eigenvalue weighted by Crippen LogP contribution is 2.32. The molecule has 1 unspecified atom stereocenters. The van der Waals surface area contributed by atoms with Crippen molar-refractivity contribution < 1.29 is 13.9 Å². The van der Waals surface area contributed by atoms with E-state index in [0.717, 1.165) is 24.8 Å². The summed E-state index contributed by atoms with van der Waals surface area (Å²) in [7, 11) is 0. The van der Waals surface area contributed by atoms with Gasteiger partial charge in [-0.15, -0.1) is 0 Å². The molecule has 3 rings (SSSR count). The minimum Gasteiger partial charge on any atom is -0.454 e. The van der Waals surface area contributed by atoms with Crippen LogP contribution in [0, 0.1) is 5.82 Å². The summed E-state index contributed by atoms with van der Waals surface area (Å²) in [4.78, 5) is 12.1. The van der Waals surface area contributed by atoms with E-state index in [1.54, 1.807) is 0 Å². The lowest BCUT2D eigenvalue weighted by Gasteiger charge is -2.25. The zero-order chi connectivity index (χ0) is 13.9. The standard InChI is InChI=1S/C17H15FO2/c18-14-10-8-13(9-11-14)17(19)20-16-7-3-5-12-4-1-2-6-15(12)16/h1-2,4,6,8-11,16H,3,5,7H2. The molecule has 0 radical (unpaired) electrons. The van der Waals surface area contributed by atoms with Gasteiger partial charge in [0.25, 0.3) is 0 Å². The summed E-state index contributed by atoms with van der Waals surface area (Å²) in [5.41, 5.74) is 2.72. The first-order valence-corrected chi connectivity index (χ1v) is 6.78. The van der Waals surface area contributed by atoms with E-state index in [-0.39, 0.29) is 11.9 Å². The first-order valence-electron chi connectivity index (χ1n) is 6.78. The van der Waals surface area contributed by atoms with E-state index in [9.17, 15) is 9.18 Å². The number of carbonyl (C=O) groups is 1. The fraction of sp³-hybridized carbons (Fsp3) is 0.235. The molecule has 0 saturated heterocycles. The SMILES string of the molecule is O=C(OC1CCCc2ccccc21)c1ccc(F)cc1. The Hall–Kier alpha value is -2.16. The highest BCUT2D eigenvalue weighted by Gasteiger charge is 2.23. The monoisotopic (exact) mass is 270 g/mol. The molecule has 2 aromatic rings. The number of rotatable bonds is 2. The van der Waals surface area contributed by atoms with Gasteiger partial charge < -0.3 is 4.74 Å². The molecule has 2 aromatic carbocycles. The van der Waals surface area contributed by atoms with Crippen molar-refractivity contribution in [1.29, 1.82) is 0 Å². The summed E-state index contributed by atoms with van der Waals surface area (Å²) in [6.07, 6.45) is 2.68. The highest BCUT2D eigenvalue weighted by molar-refractivity contribution is 5.89. The number of aryl methyl sites for hydroxylation is 1. The van der Waals surface area contributed by atoms with Gasteiger partial charge in [0.15, 0.2) is 0 Å². The number of carbonyl (C=O) groups excluding carboxylic acids is 1. The number of halogens is 1. The Bertz CT molecular complexity index is 619. The number of hydrogen-bond acceptors (Lipinski definition) is 2. The van der Waals surface area contributed by atoms with Crippen LogP contribution in [0.5, 0.6) is 0 Å². The van der Waals surface area contributed by atoms with Crippen LogP contribution in [0.1, 0.15) is 40.4 Å². The number of ether oxygens (including phenoxy) is 1. The Kier molecular flexibility index (Phi) is 3.50. The summed E-state index contributed by atoms with van der Waals surface area (Å²) in [6, 6.07) is 13.5. The third kappa shape index (κ3) is 2.57. The van der Waals surface area contributed by atoms with Crippen molar-refractivity contribution >= 4 is 5.97 Å². The minimum atomic E-state index is -0.397. The first kappa shape index (κ1) is 12.9. The topological polar surface area (TPSA) is 26.3 Å². The van der Waals surface area contributed by atoms with Crippen molar-refractivity contribution in [1.82, 2.24) is 0 Å². The molecule has 0 N–H and O–H groups in total. The molecular weight excluding hydrogens is 255 g/mol. The zero-order valence-electron chi connectivity index (χ0n) is 11.0. The lowest BCUT2D eigenvalue weighted by atomic mass is 9.89. The third-order valence-corrected chi connectivity index (χ3v) is 3.64. The summed E-state index contributed by atoms with van der Waals surface area (Å²) >= 11 is 0. The van der Waals surface area contributed by atoms with Crippen LogP contribution < -0.4 is 0 Å². The smallest absolute Gasteiger partial charge is 0.338 e. The number of esters is 1. The maximum absolute atomic E-state index is 12.9. The number of hydrogen-bond donors (Lipinski definition) is 0. The van der Waals surface area contributed by atoms with E-state index in [1.807, 2.05) is 18.2 Å². The maximum atomic E-state index is 12.9. The molecule has 0 amide bonds. The van der Waals surface area contributed by atoms with E-state index < -0.39 is 5.97 Å². The first-order chi connectivity index (χ1) is 9.74. The second kappa shape index (κ2) is 5.45. The van der Waals surface area contributed by atoms with E-state index in [0.29, 0.717) is 5.56 Å². The molecule has 102 valence electrons. The lowest BCUT2D eigenvalue weighted by molar-refractivity contribution is 0.0256. The highest BCUT2D eigenvalue weighted by atomic mass is 19.1. The Morgan fingerprint density at radius 3 is 2.65 bits per heavy atom. The van der Waals surface area contributed by atoms with E-state index >= 15 is 0 Å². The number of fused-ring (bicyclic) bond motifs is 1. The van der Waals surface area contributed by atoms with E-state index in [2.05, 4.69) is 6.07 Å². The van der Waals surface area contributed by atoms with Crippen molar-refractivity contribution in [2.45, 2.75) is 25.4 Å². The van der Waals surface area contributed by atoms with Gasteiger partial charge in [-0.3, -0.25) is 0 Å². The van der Waals surface area contributed by atoms with Crippen LogP contribution in [0.3, 0.4) is 0 Å². The van der Waals surface area contributed by atoms with Crippen LogP contribution in [0.2, 0.25) is 0 Å². The van der Waals surface area contributed by atoms with E-state index in [4.69, 9.17) is 4.74 Å². The molecule has 0 bridgehead atoms. The lowest BCUT2D eigenvalue weighted by Crippen LogP contribution is -2.16. The molecule has 1 aliphatic carbocycles. The Balaban J connectivity index is 1.79. The van der Waals surface area contributed by atoms with E-state index in [1.165, 1.54) is 29.8 Å². The van der Waals surface area contributed by atoms with Gasteiger partial charge >= 0.3 is 5.97 Å². The minimum absolute atomic E-state index is 0.197. The normalized spacial score (nSPS) is 17.4. The molecule has 0 saturated carbocycles. The van der Waals surface area contributed by atoms with Gasteiger partial charge in [0.2, 0.25) is 0 Å². The molecule has 1 atom stereocenters. The second-order valence-corrected chi connectivity index (χ2v) is 4.99. The van der Waals surface area contributed by atoms with Crippen molar-refractivity contribution in [2.75, 3.05) is 0 Å². The Labute approximate surface area is 117 Å². The molecule has 0 heterocycles. The average Bonchev–Trinajstić information content (AvgIpc) is 2.48. The molecule has 0 aliphatic heterocycles. The van der Waals surface area contributed by atoms with Gasteiger partial charge in [-0.2, -0.15) is 0 Å². The molecule has 0 fully saturated rings. The third-order valence-electron chi connectivity index (χ3n) is 3.64. The van der Waals surface area contributed by atoms with Crippen LogP contribution in [0.25, 0.3) is 0 Å². The second-order valence-electron chi connectivity index (χ2n) is 4.99. The van der Waals surface area contributed by atoms with Crippen molar-refractivity contribution in [3.63, 3.8) is 0 Å². The van der Waals surface area contributed by atoms with Crippen LogP contribution in [-0.2, 0) is 11.2 Å². The van der Waals surface area contributed by atoms with Gasteiger partial charge in [-0.05, 0) is 54.7 Å². The van der Waals surface area contributed by atoms with Gasteiger partial charge in [0, 0.05) is 0 Å². The molecule has 20 heavy (non-hydrogen) atoms. The summed E-state index contributed by atoms with van der Waals surface area (Å²) < 4.78 is 18.4. The van der Waals surface area contributed by atoms with Crippen molar-refractivity contribution in [3.05, 3.63) is 71.0 Å². The molecule has 0 aromatic heterocycles. The van der Waals surface area contributed by atoms with Crippen LogP contribution in [0.15, 0.2) is 48.5 Å². The van der Waals surface area contributed by atoms with Gasteiger partial charge in [0.05, 0.1) is 5.56 Å². The average molecular weight is 270 g/mol. The Morgan fingerprint density at radius 1 is 1.10 bits per heavy atom. The molecular formula is C17H15FO2. The van der Waals surface area contributed by atoms with Crippen LogP contribution >= 0.6 is 0 Å². The largest absolute Gasteiger partial charge is 0.454 e. The van der Waals surface area contributed by atoms with Crippen LogP contribution in [0.4, 0.5) is 4.39 Å². The fourth-order valence-corrected chi connectivity index (χ4v) is 2.62. The van der Waals surface area contributed by atoms with Crippen LogP contribution in [-0.4, -0.2) is 5.97 Å². The molecule has 2 nitrogen and oxygen atoms in total. The summed E-state index contributed by atoms with van der Waals surface area (Å²) in [5.74, 6) is -0.753.